The molecule has 116 valence electrons. The van der Waals surface area contributed by atoms with Crippen LogP contribution in [-0.4, -0.2) is 48.4 Å². The summed E-state index contributed by atoms with van der Waals surface area (Å²) in [7, 11) is 4.14. The summed E-state index contributed by atoms with van der Waals surface area (Å²) >= 11 is 0. The highest BCUT2D eigenvalue weighted by atomic mass is 16.2. The van der Waals surface area contributed by atoms with Gasteiger partial charge in [-0.25, -0.2) is 0 Å². The summed E-state index contributed by atoms with van der Waals surface area (Å²) in [6.07, 6.45) is 0.973. The Labute approximate surface area is 128 Å². The van der Waals surface area contributed by atoms with Gasteiger partial charge in [-0.15, -0.1) is 0 Å². The highest BCUT2D eigenvalue weighted by Gasteiger charge is 2.39. The number of hydrogen-bond donors (Lipinski definition) is 1. The second-order valence-electron chi connectivity index (χ2n) is 6.33. The fraction of sp³-hybridized carbons (Fsp3) is 0.588. The number of benzene rings is 1. The quantitative estimate of drug-likeness (QED) is 0.902. The average molecular weight is 289 g/mol. The second kappa shape index (κ2) is 6.58. The van der Waals surface area contributed by atoms with Gasteiger partial charge in [0.25, 0.3) is 0 Å². The van der Waals surface area contributed by atoms with Crippen molar-refractivity contribution in [2.45, 2.75) is 45.4 Å². The van der Waals surface area contributed by atoms with Crippen LogP contribution in [0.4, 0.5) is 0 Å². The Morgan fingerprint density at radius 1 is 1.33 bits per heavy atom. The predicted octanol–water partition coefficient (Wildman–Crippen LogP) is 2.15. The molecule has 1 N–H and O–H groups in total. The lowest BCUT2D eigenvalue weighted by Crippen LogP contribution is -2.40. The maximum absolute atomic E-state index is 12.5. The zero-order chi connectivity index (χ0) is 15.6. The Hall–Kier alpha value is -1.39. The van der Waals surface area contributed by atoms with Gasteiger partial charge in [-0.3, -0.25) is 10.1 Å². The molecule has 1 amide bonds. The van der Waals surface area contributed by atoms with Crippen molar-refractivity contribution in [1.82, 2.24) is 15.1 Å². The summed E-state index contributed by atoms with van der Waals surface area (Å²) in [5, 5.41) is 3.44. The van der Waals surface area contributed by atoms with Crippen molar-refractivity contribution in [3.05, 3.63) is 35.4 Å². The van der Waals surface area contributed by atoms with Gasteiger partial charge >= 0.3 is 0 Å². The number of hydrogen-bond acceptors (Lipinski definition) is 3. The van der Waals surface area contributed by atoms with Gasteiger partial charge in [-0.05, 0) is 59.0 Å². The van der Waals surface area contributed by atoms with E-state index in [9.17, 15) is 4.79 Å². The molecule has 3 unspecified atom stereocenters. The molecule has 0 spiro atoms. The summed E-state index contributed by atoms with van der Waals surface area (Å²) in [5.41, 5.74) is 2.42. The van der Waals surface area contributed by atoms with Gasteiger partial charge in [-0.1, -0.05) is 24.3 Å². The lowest BCUT2D eigenvalue weighted by Gasteiger charge is -2.32. The third-order valence-electron chi connectivity index (χ3n) is 4.26. The summed E-state index contributed by atoms with van der Waals surface area (Å²) in [6.45, 7) is 7.19. The molecule has 1 aliphatic heterocycles. The summed E-state index contributed by atoms with van der Waals surface area (Å²) < 4.78 is 0. The number of aryl methyl sites for hydroxylation is 1. The van der Waals surface area contributed by atoms with Crippen molar-refractivity contribution in [3.63, 3.8) is 0 Å². The Balaban J connectivity index is 2.23. The van der Waals surface area contributed by atoms with E-state index in [-0.39, 0.29) is 24.2 Å². The van der Waals surface area contributed by atoms with E-state index in [1.54, 1.807) is 0 Å². The molecule has 1 heterocycles. The molecule has 0 radical (unpaired) electrons. The van der Waals surface area contributed by atoms with Crippen molar-refractivity contribution in [2.75, 3.05) is 20.6 Å². The zero-order valence-electron chi connectivity index (χ0n) is 13.8. The minimum absolute atomic E-state index is 0.00846. The first-order valence-corrected chi connectivity index (χ1v) is 7.70. The van der Waals surface area contributed by atoms with Crippen LogP contribution in [0.25, 0.3) is 0 Å². The Kier molecular flexibility index (Phi) is 5.01. The fourth-order valence-corrected chi connectivity index (χ4v) is 2.93. The lowest BCUT2D eigenvalue weighted by molar-refractivity contribution is -0.132. The third kappa shape index (κ3) is 3.44. The molecular formula is C17H27N3O. The van der Waals surface area contributed by atoms with Gasteiger partial charge in [0, 0.05) is 6.04 Å². The SMILES string of the molecule is Cc1ccccc1C1NC(C)C(=O)N1C(C)CCN(C)C. The summed E-state index contributed by atoms with van der Waals surface area (Å²) in [5.74, 6) is 0.203. The molecule has 1 saturated heterocycles. The number of carbonyl (C=O) groups is 1. The van der Waals surface area contributed by atoms with Gasteiger partial charge < -0.3 is 9.80 Å². The van der Waals surface area contributed by atoms with Gasteiger partial charge in [0.05, 0.1) is 6.04 Å². The second-order valence-corrected chi connectivity index (χ2v) is 6.33. The van der Waals surface area contributed by atoms with Crippen molar-refractivity contribution < 1.29 is 4.79 Å². The molecule has 4 nitrogen and oxygen atoms in total. The largest absolute Gasteiger partial charge is 0.319 e. The van der Waals surface area contributed by atoms with E-state index in [0.717, 1.165) is 13.0 Å². The highest BCUT2D eigenvalue weighted by Crippen LogP contribution is 2.30. The predicted molar refractivity (Wildman–Crippen MR) is 86.0 cm³/mol. The van der Waals surface area contributed by atoms with E-state index in [1.807, 2.05) is 24.0 Å². The third-order valence-corrected chi connectivity index (χ3v) is 4.26. The monoisotopic (exact) mass is 289 g/mol. The molecule has 2 rings (SSSR count). The molecule has 0 saturated carbocycles. The number of rotatable bonds is 5. The first kappa shape index (κ1) is 16.0. The Morgan fingerprint density at radius 3 is 2.62 bits per heavy atom. The van der Waals surface area contributed by atoms with E-state index in [1.165, 1.54) is 11.1 Å². The summed E-state index contributed by atoms with van der Waals surface area (Å²) in [6, 6.07) is 8.41. The Morgan fingerprint density at radius 2 is 2.00 bits per heavy atom. The van der Waals surface area contributed by atoms with E-state index in [4.69, 9.17) is 0 Å². The molecule has 1 aromatic carbocycles. The van der Waals surface area contributed by atoms with Crippen LogP contribution >= 0.6 is 0 Å². The lowest BCUT2D eigenvalue weighted by atomic mass is 10.0. The summed E-state index contributed by atoms with van der Waals surface area (Å²) in [4.78, 5) is 16.7. The first-order valence-electron chi connectivity index (χ1n) is 7.70. The van der Waals surface area contributed by atoms with Crippen molar-refractivity contribution in [3.8, 4) is 0 Å². The number of nitrogens with one attached hydrogen (secondary N) is 1. The minimum atomic E-state index is -0.114. The van der Waals surface area contributed by atoms with E-state index >= 15 is 0 Å². The maximum Gasteiger partial charge on any atom is 0.241 e. The molecule has 3 atom stereocenters. The van der Waals surface area contributed by atoms with E-state index < -0.39 is 0 Å². The molecule has 1 aromatic rings. The standard InChI is InChI=1S/C17H27N3O/c1-12-8-6-7-9-15(12)16-18-14(3)17(21)20(16)13(2)10-11-19(4)5/h6-9,13-14,16,18H,10-11H2,1-5H3. The van der Waals surface area contributed by atoms with E-state index in [0.29, 0.717) is 0 Å². The van der Waals surface area contributed by atoms with Crippen molar-refractivity contribution in [1.29, 1.82) is 0 Å². The molecular weight excluding hydrogens is 262 g/mol. The average Bonchev–Trinajstić information content (AvgIpc) is 2.73. The zero-order valence-corrected chi connectivity index (χ0v) is 13.8. The first-order chi connectivity index (χ1) is 9.91. The fourth-order valence-electron chi connectivity index (χ4n) is 2.93. The molecule has 4 heteroatoms. The van der Waals surface area contributed by atoms with Gasteiger partial charge in [0.15, 0.2) is 0 Å². The van der Waals surface area contributed by atoms with Gasteiger partial charge in [0.1, 0.15) is 6.17 Å². The van der Waals surface area contributed by atoms with Crippen LogP contribution in [-0.2, 0) is 4.79 Å². The molecule has 21 heavy (non-hydrogen) atoms. The van der Waals surface area contributed by atoms with Crippen LogP contribution in [0.15, 0.2) is 24.3 Å². The van der Waals surface area contributed by atoms with Crippen LogP contribution in [0.1, 0.15) is 37.6 Å². The van der Waals surface area contributed by atoms with Crippen molar-refractivity contribution >= 4 is 5.91 Å². The minimum Gasteiger partial charge on any atom is -0.319 e. The molecule has 1 fully saturated rings. The van der Waals surface area contributed by atoms with Crippen molar-refractivity contribution in [2.24, 2.45) is 0 Å². The van der Waals surface area contributed by atoms with Crippen LogP contribution in [0, 0.1) is 6.92 Å². The molecule has 0 aliphatic carbocycles. The van der Waals surface area contributed by atoms with Gasteiger partial charge in [-0.2, -0.15) is 0 Å². The highest BCUT2D eigenvalue weighted by molar-refractivity contribution is 5.84. The number of carbonyl (C=O) groups excluding carboxylic acids is 1. The smallest absolute Gasteiger partial charge is 0.241 e. The van der Waals surface area contributed by atoms with Crippen LogP contribution < -0.4 is 5.32 Å². The van der Waals surface area contributed by atoms with Crippen LogP contribution in [0.5, 0.6) is 0 Å². The van der Waals surface area contributed by atoms with Gasteiger partial charge in [0.2, 0.25) is 5.91 Å². The maximum atomic E-state index is 12.5. The normalized spacial score (nSPS) is 23.9. The topological polar surface area (TPSA) is 35.6 Å². The number of amides is 1. The van der Waals surface area contributed by atoms with Crippen LogP contribution in [0.2, 0.25) is 0 Å². The molecule has 0 aromatic heterocycles. The van der Waals surface area contributed by atoms with Crippen LogP contribution in [0.3, 0.4) is 0 Å². The molecule has 0 bridgehead atoms. The Bertz CT molecular complexity index is 501. The molecule has 1 aliphatic rings. The van der Waals surface area contributed by atoms with E-state index in [2.05, 4.69) is 50.3 Å². The number of nitrogens with zero attached hydrogens (tertiary/aromatic N) is 2.